The predicted molar refractivity (Wildman–Crippen MR) is 109 cm³/mol. The molecule has 1 aliphatic rings. The Hall–Kier alpha value is -2.51. The van der Waals surface area contributed by atoms with E-state index < -0.39 is 5.60 Å². The highest BCUT2D eigenvalue weighted by Gasteiger charge is 2.18. The summed E-state index contributed by atoms with van der Waals surface area (Å²) in [7, 11) is 0. The van der Waals surface area contributed by atoms with Crippen molar-refractivity contribution in [3.63, 3.8) is 0 Å². The lowest BCUT2D eigenvalue weighted by Gasteiger charge is -2.17. The standard InChI is InChI=1S/C20H22N4O2S/c1-20(2,26)14-7-5-13(6-8-14)17(25)23-19-21-15-9-10-16(22-18(15)27-19)24-11-3-4-12-24/h5-10,26H,3-4,11-12H2,1-2H3,(H,21,23,25). The van der Waals surface area contributed by atoms with Crippen LogP contribution in [0, 0.1) is 0 Å². The number of amides is 1. The van der Waals surface area contributed by atoms with Crippen LogP contribution in [0.15, 0.2) is 36.4 Å². The summed E-state index contributed by atoms with van der Waals surface area (Å²) in [5.74, 6) is 0.750. The molecule has 0 unspecified atom stereocenters. The summed E-state index contributed by atoms with van der Waals surface area (Å²) in [6, 6.07) is 10.9. The molecule has 0 aliphatic carbocycles. The summed E-state index contributed by atoms with van der Waals surface area (Å²) in [5, 5.41) is 13.4. The van der Waals surface area contributed by atoms with Gasteiger partial charge in [-0.2, -0.15) is 0 Å². The number of carbonyl (C=O) groups is 1. The Kier molecular flexibility index (Phi) is 4.57. The molecule has 140 valence electrons. The van der Waals surface area contributed by atoms with Crippen LogP contribution in [-0.2, 0) is 5.60 Å². The van der Waals surface area contributed by atoms with Crippen molar-refractivity contribution < 1.29 is 9.90 Å². The van der Waals surface area contributed by atoms with Gasteiger partial charge in [0.2, 0.25) is 0 Å². The van der Waals surface area contributed by atoms with Gasteiger partial charge in [0.25, 0.3) is 5.91 Å². The fourth-order valence-electron chi connectivity index (χ4n) is 3.18. The van der Waals surface area contributed by atoms with Gasteiger partial charge in [0.1, 0.15) is 16.2 Å². The molecule has 1 saturated heterocycles. The van der Waals surface area contributed by atoms with Gasteiger partial charge < -0.3 is 10.0 Å². The number of nitrogens with one attached hydrogen (secondary N) is 1. The molecule has 7 heteroatoms. The quantitative estimate of drug-likeness (QED) is 0.718. The highest BCUT2D eigenvalue weighted by atomic mass is 32.1. The molecule has 27 heavy (non-hydrogen) atoms. The zero-order chi connectivity index (χ0) is 19.0. The summed E-state index contributed by atoms with van der Waals surface area (Å²) in [6.45, 7) is 5.52. The first-order chi connectivity index (χ1) is 12.9. The van der Waals surface area contributed by atoms with E-state index in [4.69, 9.17) is 4.98 Å². The molecule has 1 aliphatic heterocycles. The van der Waals surface area contributed by atoms with Crippen molar-refractivity contribution in [2.45, 2.75) is 32.3 Å². The number of benzene rings is 1. The molecule has 0 radical (unpaired) electrons. The van der Waals surface area contributed by atoms with E-state index in [9.17, 15) is 9.90 Å². The molecule has 0 bridgehead atoms. The first kappa shape index (κ1) is 17.9. The van der Waals surface area contributed by atoms with Crippen molar-refractivity contribution in [1.82, 2.24) is 9.97 Å². The van der Waals surface area contributed by atoms with Crippen LogP contribution in [0.4, 0.5) is 10.9 Å². The Morgan fingerprint density at radius 1 is 1.11 bits per heavy atom. The largest absolute Gasteiger partial charge is 0.386 e. The third-order valence-electron chi connectivity index (χ3n) is 4.74. The molecule has 1 amide bonds. The lowest BCUT2D eigenvalue weighted by atomic mass is 9.97. The van der Waals surface area contributed by atoms with E-state index >= 15 is 0 Å². The molecule has 0 saturated carbocycles. The minimum absolute atomic E-state index is 0.226. The molecule has 4 rings (SSSR count). The van der Waals surface area contributed by atoms with Gasteiger partial charge in [-0.3, -0.25) is 10.1 Å². The van der Waals surface area contributed by atoms with Crippen molar-refractivity contribution in [2.75, 3.05) is 23.3 Å². The minimum atomic E-state index is -0.930. The minimum Gasteiger partial charge on any atom is -0.386 e. The first-order valence-corrected chi connectivity index (χ1v) is 9.89. The number of carbonyl (C=O) groups excluding carboxylic acids is 1. The molecule has 0 spiro atoms. The third-order valence-corrected chi connectivity index (χ3v) is 5.63. The summed E-state index contributed by atoms with van der Waals surface area (Å²) < 4.78 is 0. The maximum atomic E-state index is 12.5. The van der Waals surface area contributed by atoms with Gasteiger partial charge in [-0.25, -0.2) is 9.97 Å². The predicted octanol–water partition coefficient (Wildman–Crippen LogP) is 3.77. The molecule has 6 nitrogen and oxygen atoms in total. The fraction of sp³-hybridized carbons (Fsp3) is 0.350. The van der Waals surface area contributed by atoms with Crippen molar-refractivity contribution in [1.29, 1.82) is 0 Å². The van der Waals surface area contributed by atoms with Crippen LogP contribution in [0.25, 0.3) is 10.3 Å². The van der Waals surface area contributed by atoms with E-state index in [1.807, 2.05) is 12.1 Å². The average Bonchev–Trinajstić information content (AvgIpc) is 3.29. The Balaban J connectivity index is 1.51. The number of hydrogen-bond donors (Lipinski definition) is 2. The molecule has 1 aromatic carbocycles. The monoisotopic (exact) mass is 382 g/mol. The lowest BCUT2D eigenvalue weighted by molar-refractivity contribution is 0.0785. The summed E-state index contributed by atoms with van der Waals surface area (Å²) >= 11 is 1.38. The van der Waals surface area contributed by atoms with E-state index in [0.29, 0.717) is 10.7 Å². The highest BCUT2D eigenvalue weighted by molar-refractivity contribution is 7.22. The number of rotatable bonds is 4. The van der Waals surface area contributed by atoms with Gasteiger partial charge in [0.15, 0.2) is 5.13 Å². The number of fused-ring (bicyclic) bond motifs is 1. The Bertz CT molecular complexity index is 970. The zero-order valence-electron chi connectivity index (χ0n) is 15.4. The van der Waals surface area contributed by atoms with Gasteiger partial charge in [-0.1, -0.05) is 23.5 Å². The maximum Gasteiger partial charge on any atom is 0.257 e. The van der Waals surface area contributed by atoms with Crippen molar-refractivity contribution >= 4 is 38.5 Å². The molecule has 2 aromatic heterocycles. The second kappa shape index (κ2) is 6.90. The van der Waals surface area contributed by atoms with E-state index in [0.717, 1.165) is 34.8 Å². The Labute approximate surface area is 161 Å². The zero-order valence-corrected chi connectivity index (χ0v) is 16.2. The third kappa shape index (κ3) is 3.79. The van der Waals surface area contributed by atoms with Crippen LogP contribution in [-0.4, -0.2) is 34.1 Å². The second-order valence-electron chi connectivity index (χ2n) is 7.30. The number of pyridine rings is 1. The molecular formula is C20H22N4O2S. The van der Waals surface area contributed by atoms with Gasteiger partial charge in [0, 0.05) is 18.7 Å². The van der Waals surface area contributed by atoms with Crippen LogP contribution in [0.2, 0.25) is 0 Å². The van der Waals surface area contributed by atoms with Crippen LogP contribution in [0.3, 0.4) is 0 Å². The topological polar surface area (TPSA) is 78.3 Å². The molecule has 0 atom stereocenters. The number of nitrogens with zero attached hydrogens (tertiary/aromatic N) is 3. The highest BCUT2D eigenvalue weighted by Crippen LogP contribution is 2.28. The van der Waals surface area contributed by atoms with Crippen molar-refractivity contribution in [3.05, 3.63) is 47.5 Å². The Morgan fingerprint density at radius 2 is 1.81 bits per heavy atom. The number of anilines is 2. The summed E-state index contributed by atoms with van der Waals surface area (Å²) in [5.41, 5.74) is 1.14. The van der Waals surface area contributed by atoms with Crippen molar-refractivity contribution in [3.8, 4) is 0 Å². The molecule has 2 N–H and O–H groups in total. The molecule has 3 aromatic rings. The lowest BCUT2D eigenvalue weighted by Crippen LogP contribution is -2.18. The van der Waals surface area contributed by atoms with E-state index in [1.54, 1.807) is 38.1 Å². The molecule has 1 fully saturated rings. The maximum absolute atomic E-state index is 12.5. The summed E-state index contributed by atoms with van der Waals surface area (Å²) in [4.78, 5) is 24.8. The van der Waals surface area contributed by atoms with Gasteiger partial charge in [-0.05, 0) is 56.5 Å². The van der Waals surface area contributed by atoms with E-state index in [1.165, 1.54) is 24.2 Å². The van der Waals surface area contributed by atoms with Gasteiger partial charge >= 0.3 is 0 Å². The smallest absolute Gasteiger partial charge is 0.257 e. The SMILES string of the molecule is CC(C)(O)c1ccc(C(=O)Nc2nc3ccc(N4CCCC4)nc3s2)cc1. The molecular weight excluding hydrogens is 360 g/mol. The fourth-order valence-corrected chi connectivity index (χ4v) is 4.01. The van der Waals surface area contributed by atoms with E-state index in [-0.39, 0.29) is 5.91 Å². The average molecular weight is 382 g/mol. The number of hydrogen-bond acceptors (Lipinski definition) is 6. The summed E-state index contributed by atoms with van der Waals surface area (Å²) in [6.07, 6.45) is 2.41. The van der Waals surface area contributed by atoms with Crippen LogP contribution < -0.4 is 10.2 Å². The van der Waals surface area contributed by atoms with E-state index in [2.05, 4.69) is 15.2 Å². The van der Waals surface area contributed by atoms with Gasteiger partial charge in [-0.15, -0.1) is 0 Å². The van der Waals surface area contributed by atoms with Crippen LogP contribution >= 0.6 is 11.3 Å². The number of aromatic nitrogens is 2. The molecule has 3 heterocycles. The number of aliphatic hydroxyl groups is 1. The Morgan fingerprint density at radius 3 is 2.48 bits per heavy atom. The van der Waals surface area contributed by atoms with Crippen LogP contribution in [0.5, 0.6) is 0 Å². The van der Waals surface area contributed by atoms with Crippen LogP contribution in [0.1, 0.15) is 42.6 Å². The normalized spacial score (nSPS) is 14.7. The second-order valence-corrected chi connectivity index (χ2v) is 8.27. The number of thiazole rings is 1. The van der Waals surface area contributed by atoms with Crippen molar-refractivity contribution in [2.24, 2.45) is 0 Å². The van der Waals surface area contributed by atoms with Gasteiger partial charge in [0.05, 0.1) is 5.60 Å². The first-order valence-electron chi connectivity index (χ1n) is 9.07.